The van der Waals surface area contributed by atoms with E-state index in [9.17, 15) is 0 Å². The van der Waals surface area contributed by atoms with Gasteiger partial charge in [0, 0.05) is 31.1 Å². The number of thiazole rings is 1. The lowest BCUT2D eigenvalue weighted by atomic mass is 10.1. The average Bonchev–Trinajstić information content (AvgIpc) is 3.56. The van der Waals surface area contributed by atoms with Crippen molar-refractivity contribution in [1.82, 2.24) is 30.1 Å². The third-order valence-corrected chi connectivity index (χ3v) is 8.25. The van der Waals surface area contributed by atoms with Gasteiger partial charge in [-0.15, -0.1) is 16.4 Å². The first-order valence-corrected chi connectivity index (χ1v) is 12.5. The fraction of sp³-hybridized carbons (Fsp3) is 0.429. The van der Waals surface area contributed by atoms with E-state index in [0.717, 1.165) is 53.8 Å². The second-order valence-corrected chi connectivity index (χ2v) is 10.1. The van der Waals surface area contributed by atoms with E-state index in [4.69, 9.17) is 16.5 Å². The van der Waals surface area contributed by atoms with Crippen molar-refractivity contribution in [2.75, 3.05) is 42.5 Å². The van der Waals surface area contributed by atoms with Gasteiger partial charge in [-0.1, -0.05) is 24.3 Å². The van der Waals surface area contributed by atoms with Gasteiger partial charge in [0.1, 0.15) is 0 Å². The topological polar surface area (TPSA) is 115 Å². The van der Waals surface area contributed by atoms with Crippen molar-refractivity contribution in [2.24, 2.45) is 0 Å². The number of thiophene rings is 1. The summed E-state index contributed by atoms with van der Waals surface area (Å²) in [4.78, 5) is 10.9. The van der Waals surface area contributed by atoms with Crippen LogP contribution in [0.4, 0.5) is 16.5 Å². The summed E-state index contributed by atoms with van der Waals surface area (Å²) in [5.74, 6) is 0.938. The summed E-state index contributed by atoms with van der Waals surface area (Å²) in [5.41, 5.74) is 14.0. The maximum atomic E-state index is 5.97. The standard InChI is InChI=1S/C21H27N9S2/c1-3-17(20-25-26-27-30(20)13(2)18-5-4-10-31-18)28-6-8-29(9-7-28)21-24-16-11-14(22)15(23)12-19(16)32-21/h4-5,10-13,17H,3,6-9,22-23H2,1-2H3. The first kappa shape index (κ1) is 21.1. The van der Waals surface area contributed by atoms with Crippen LogP contribution in [-0.4, -0.2) is 56.3 Å². The normalized spacial score (nSPS) is 17.1. The number of hydrogen-bond acceptors (Lipinski definition) is 10. The van der Waals surface area contributed by atoms with Crippen LogP contribution in [0.3, 0.4) is 0 Å². The number of nitrogen functional groups attached to an aromatic ring is 2. The van der Waals surface area contributed by atoms with Gasteiger partial charge < -0.3 is 16.4 Å². The lowest BCUT2D eigenvalue weighted by Crippen LogP contribution is -2.48. The van der Waals surface area contributed by atoms with Crippen molar-refractivity contribution in [3.8, 4) is 0 Å². The number of benzene rings is 1. The Morgan fingerprint density at radius 1 is 1.12 bits per heavy atom. The number of nitrogens with two attached hydrogens (primary N) is 2. The SMILES string of the molecule is CCC(c1nnnn1C(C)c1cccs1)N1CCN(c2nc3cc(N)c(N)cc3s2)CC1. The molecular formula is C21H27N9S2. The molecule has 1 saturated heterocycles. The van der Waals surface area contributed by atoms with Crippen LogP contribution in [0.1, 0.15) is 43.1 Å². The Morgan fingerprint density at radius 3 is 2.62 bits per heavy atom. The molecule has 1 aliphatic rings. The van der Waals surface area contributed by atoms with Crippen LogP contribution >= 0.6 is 22.7 Å². The molecule has 1 aromatic carbocycles. The lowest BCUT2D eigenvalue weighted by molar-refractivity contribution is 0.168. The fourth-order valence-corrected chi connectivity index (χ4v) is 6.12. The number of piperazine rings is 1. The third kappa shape index (κ3) is 3.80. The minimum atomic E-state index is 0.123. The zero-order chi connectivity index (χ0) is 22.2. The molecule has 1 aliphatic heterocycles. The molecule has 168 valence electrons. The van der Waals surface area contributed by atoms with Gasteiger partial charge in [-0.2, -0.15) is 0 Å². The van der Waals surface area contributed by atoms with Gasteiger partial charge in [0.15, 0.2) is 11.0 Å². The fourth-order valence-electron chi connectivity index (χ4n) is 4.30. The maximum absolute atomic E-state index is 5.97. The van der Waals surface area contributed by atoms with Gasteiger partial charge in [-0.3, -0.25) is 4.90 Å². The molecule has 5 rings (SSSR count). The highest BCUT2D eigenvalue weighted by Gasteiger charge is 2.30. The molecule has 32 heavy (non-hydrogen) atoms. The number of nitrogens with zero attached hydrogens (tertiary/aromatic N) is 7. The molecule has 0 radical (unpaired) electrons. The average molecular weight is 470 g/mol. The van der Waals surface area contributed by atoms with Crippen LogP contribution in [0.15, 0.2) is 29.6 Å². The number of aromatic nitrogens is 5. The summed E-state index contributed by atoms with van der Waals surface area (Å²) in [6.07, 6.45) is 0.956. The van der Waals surface area contributed by atoms with E-state index < -0.39 is 0 Å². The minimum absolute atomic E-state index is 0.123. The molecule has 0 aliphatic carbocycles. The second-order valence-electron chi connectivity index (χ2n) is 8.07. The summed E-state index contributed by atoms with van der Waals surface area (Å²) in [7, 11) is 0. The second kappa shape index (κ2) is 8.64. The predicted octanol–water partition coefficient (Wildman–Crippen LogP) is 3.39. The zero-order valence-corrected chi connectivity index (χ0v) is 19.8. The van der Waals surface area contributed by atoms with Gasteiger partial charge in [0.2, 0.25) is 0 Å². The largest absolute Gasteiger partial charge is 0.397 e. The zero-order valence-electron chi connectivity index (χ0n) is 18.2. The Bertz CT molecular complexity index is 1150. The van der Waals surface area contributed by atoms with E-state index in [-0.39, 0.29) is 12.1 Å². The van der Waals surface area contributed by atoms with E-state index in [1.807, 2.05) is 16.8 Å². The summed E-state index contributed by atoms with van der Waals surface area (Å²) >= 11 is 3.41. The monoisotopic (exact) mass is 469 g/mol. The van der Waals surface area contributed by atoms with Crippen molar-refractivity contribution >= 4 is 49.4 Å². The van der Waals surface area contributed by atoms with Gasteiger partial charge in [0.05, 0.1) is 33.7 Å². The summed E-state index contributed by atoms with van der Waals surface area (Å²) in [6.45, 7) is 8.03. The van der Waals surface area contributed by atoms with Crippen molar-refractivity contribution in [2.45, 2.75) is 32.4 Å². The smallest absolute Gasteiger partial charge is 0.186 e. The number of rotatable bonds is 6. The van der Waals surface area contributed by atoms with Gasteiger partial charge in [-0.25, -0.2) is 9.67 Å². The molecule has 0 saturated carbocycles. The molecule has 2 atom stereocenters. The summed E-state index contributed by atoms with van der Waals surface area (Å²) in [6, 6.07) is 8.30. The van der Waals surface area contributed by atoms with Crippen molar-refractivity contribution in [3.63, 3.8) is 0 Å². The highest BCUT2D eigenvalue weighted by atomic mass is 32.1. The number of anilines is 3. The van der Waals surface area contributed by atoms with Crippen molar-refractivity contribution in [3.05, 3.63) is 40.3 Å². The van der Waals surface area contributed by atoms with E-state index >= 15 is 0 Å². The lowest BCUT2D eigenvalue weighted by Gasteiger charge is -2.38. The molecule has 4 aromatic rings. The molecule has 0 amide bonds. The van der Waals surface area contributed by atoms with Crippen LogP contribution in [0.25, 0.3) is 10.2 Å². The Balaban J connectivity index is 1.31. The Kier molecular flexibility index (Phi) is 5.70. The van der Waals surface area contributed by atoms with E-state index in [1.54, 1.807) is 22.7 Å². The van der Waals surface area contributed by atoms with Crippen LogP contribution < -0.4 is 16.4 Å². The van der Waals surface area contributed by atoms with Crippen LogP contribution in [0.2, 0.25) is 0 Å². The van der Waals surface area contributed by atoms with Crippen LogP contribution in [0.5, 0.6) is 0 Å². The number of tetrazole rings is 1. The molecule has 2 unspecified atom stereocenters. The molecule has 4 heterocycles. The molecule has 1 fully saturated rings. The predicted molar refractivity (Wildman–Crippen MR) is 131 cm³/mol. The molecule has 3 aromatic heterocycles. The number of hydrogen-bond donors (Lipinski definition) is 2. The molecule has 0 bridgehead atoms. The minimum Gasteiger partial charge on any atom is -0.397 e. The molecule has 0 spiro atoms. The Labute approximate surface area is 194 Å². The quantitative estimate of drug-likeness (QED) is 0.413. The molecule has 4 N–H and O–H groups in total. The maximum Gasteiger partial charge on any atom is 0.186 e. The molecular weight excluding hydrogens is 442 g/mol. The molecule has 9 nitrogen and oxygen atoms in total. The summed E-state index contributed by atoms with van der Waals surface area (Å²) in [5, 5.41) is 15.9. The first-order valence-electron chi connectivity index (χ1n) is 10.8. The van der Waals surface area contributed by atoms with Crippen LogP contribution in [-0.2, 0) is 0 Å². The number of fused-ring (bicyclic) bond motifs is 1. The Hall–Kier alpha value is -2.76. The van der Waals surface area contributed by atoms with E-state index in [2.05, 4.69) is 56.7 Å². The summed E-state index contributed by atoms with van der Waals surface area (Å²) < 4.78 is 3.05. The first-order chi connectivity index (χ1) is 15.5. The van der Waals surface area contributed by atoms with E-state index in [0.29, 0.717) is 11.4 Å². The van der Waals surface area contributed by atoms with Crippen molar-refractivity contribution < 1.29 is 0 Å². The highest BCUT2D eigenvalue weighted by molar-refractivity contribution is 7.22. The molecule has 11 heteroatoms. The highest BCUT2D eigenvalue weighted by Crippen LogP contribution is 2.34. The van der Waals surface area contributed by atoms with Crippen LogP contribution in [0, 0.1) is 0 Å². The third-order valence-electron chi connectivity index (χ3n) is 6.13. The Morgan fingerprint density at radius 2 is 1.91 bits per heavy atom. The van der Waals surface area contributed by atoms with Crippen molar-refractivity contribution in [1.29, 1.82) is 0 Å². The van der Waals surface area contributed by atoms with E-state index in [1.165, 1.54) is 4.88 Å². The van der Waals surface area contributed by atoms with Gasteiger partial charge in [0.25, 0.3) is 0 Å². The van der Waals surface area contributed by atoms with Gasteiger partial charge >= 0.3 is 0 Å². The van der Waals surface area contributed by atoms with Gasteiger partial charge in [-0.05, 0) is 47.4 Å².